The maximum absolute atomic E-state index is 13.5. The van der Waals surface area contributed by atoms with E-state index in [2.05, 4.69) is 20.9 Å². The molecule has 0 amide bonds. The van der Waals surface area contributed by atoms with Gasteiger partial charge in [-0.25, -0.2) is 4.39 Å². The van der Waals surface area contributed by atoms with Crippen molar-refractivity contribution in [3.05, 3.63) is 64.1 Å². The molecule has 1 heterocycles. The summed E-state index contributed by atoms with van der Waals surface area (Å²) in [5, 5.41) is 0. The third kappa shape index (κ3) is 2.28. The van der Waals surface area contributed by atoms with Crippen LogP contribution >= 0.6 is 15.9 Å². The van der Waals surface area contributed by atoms with Crippen molar-refractivity contribution in [2.45, 2.75) is 6.04 Å². The standard InChI is InChI=1S/C12H10BrFN2/c13-9-3-1-8(2-4-9)12(15)10-5-6-16-7-11(10)14/h1-7,12H,15H2. The van der Waals surface area contributed by atoms with Gasteiger partial charge < -0.3 is 5.73 Å². The number of hydrogen-bond acceptors (Lipinski definition) is 2. The molecule has 0 aliphatic heterocycles. The normalized spacial score (nSPS) is 12.4. The van der Waals surface area contributed by atoms with Gasteiger partial charge in [-0.15, -0.1) is 0 Å². The summed E-state index contributed by atoms with van der Waals surface area (Å²) in [6, 6.07) is 8.64. The lowest BCUT2D eigenvalue weighted by atomic mass is 10.0. The van der Waals surface area contributed by atoms with Crippen molar-refractivity contribution in [2.75, 3.05) is 0 Å². The lowest BCUT2D eigenvalue weighted by molar-refractivity contribution is 0.593. The number of pyridine rings is 1. The molecule has 0 radical (unpaired) electrons. The lowest BCUT2D eigenvalue weighted by Crippen LogP contribution is -2.13. The first-order valence-corrected chi connectivity index (χ1v) is 5.58. The second-order valence-corrected chi connectivity index (χ2v) is 4.34. The van der Waals surface area contributed by atoms with E-state index in [0.29, 0.717) is 5.56 Å². The molecule has 2 N–H and O–H groups in total. The van der Waals surface area contributed by atoms with Crippen molar-refractivity contribution >= 4 is 15.9 Å². The van der Waals surface area contributed by atoms with Gasteiger partial charge in [-0.3, -0.25) is 4.98 Å². The highest BCUT2D eigenvalue weighted by Crippen LogP contribution is 2.22. The number of benzene rings is 1. The van der Waals surface area contributed by atoms with Gasteiger partial charge in [0.1, 0.15) is 5.82 Å². The van der Waals surface area contributed by atoms with Crippen LogP contribution in [0.2, 0.25) is 0 Å². The smallest absolute Gasteiger partial charge is 0.146 e. The van der Waals surface area contributed by atoms with Gasteiger partial charge in [0, 0.05) is 16.2 Å². The van der Waals surface area contributed by atoms with E-state index in [-0.39, 0.29) is 5.82 Å². The minimum absolute atomic E-state index is 0.377. The van der Waals surface area contributed by atoms with Crippen LogP contribution in [0.1, 0.15) is 17.2 Å². The zero-order valence-corrected chi connectivity index (χ0v) is 9.99. The SMILES string of the molecule is NC(c1ccc(Br)cc1)c1ccncc1F. The molecule has 2 nitrogen and oxygen atoms in total. The summed E-state index contributed by atoms with van der Waals surface area (Å²) < 4.78 is 14.4. The van der Waals surface area contributed by atoms with Crippen LogP contribution in [0.3, 0.4) is 0 Å². The van der Waals surface area contributed by atoms with Crippen LogP contribution in [-0.2, 0) is 0 Å². The molecule has 4 heteroatoms. The van der Waals surface area contributed by atoms with Crippen LogP contribution in [0.15, 0.2) is 47.2 Å². The lowest BCUT2D eigenvalue weighted by Gasteiger charge is -2.12. The summed E-state index contributed by atoms with van der Waals surface area (Å²) in [5.41, 5.74) is 7.31. The first-order valence-electron chi connectivity index (χ1n) is 4.79. The Morgan fingerprint density at radius 3 is 2.50 bits per heavy atom. The second kappa shape index (κ2) is 4.72. The third-order valence-electron chi connectivity index (χ3n) is 2.37. The van der Waals surface area contributed by atoms with Gasteiger partial charge in [-0.2, -0.15) is 0 Å². The average molecular weight is 281 g/mol. The Kier molecular flexibility index (Phi) is 3.31. The Morgan fingerprint density at radius 1 is 1.19 bits per heavy atom. The minimum atomic E-state index is -0.462. The van der Waals surface area contributed by atoms with E-state index in [1.54, 1.807) is 6.07 Å². The van der Waals surface area contributed by atoms with E-state index in [4.69, 9.17) is 5.73 Å². The van der Waals surface area contributed by atoms with Crippen LogP contribution in [0, 0.1) is 5.82 Å². The second-order valence-electron chi connectivity index (χ2n) is 3.43. The Labute approximate surface area is 101 Å². The fraction of sp³-hybridized carbons (Fsp3) is 0.0833. The predicted octanol–water partition coefficient (Wildman–Crippen LogP) is 3.03. The fourth-order valence-electron chi connectivity index (χ4n) is 1.49. The molecule has 0 aliphatic carbocycles. The van der Waals surface area contributed by atoms with Crippen LogP contribution in [-0.4, -0.2) is 4.98 Å². The third-order valence-corrected chi connectivity index (χ3v) is 2.90. The zero-order valence-electron chi connectivity index (χ0n) is 8.40. The highest BCUT2D eigenvalue weighted by molar-refractivity contribution is 9.10. The number of halogens is 2. The van der Waals surface area contributed by atoms with Gasteiger partial charge in [0.05, 0.1) is 12.2 Å². The molecule has 82 valence electrons. The molecule has 1 unspecified atom stereocenters. The van der Waals surface area contributed by atoms with Gasteiger partial charge in [0.25, 0.3) is 0 Å². The minimum Gasteiger partial charge on any atom is -0.320 e. The summed E-state index contributed by atoms with van der Waals surface area (Å²) in [5.74, 6) is -0.377. The van der Waals surface area contributed by atoms with Gasteiger partial charge >= 0.3 is 0 Å². The van der Waals surface area contributed by atoms with Crippen molar-refractivity contribution in [3.8, 4) is 0 Å². The number of nitrogens with two attached hydrogens (primary N) is 1. The maximum Gasteiger partial charge on any atom is 0.146 e. The topological polar surface area (TPSA) is 38.9 Å². The summed E-state index contributed by atoms with van der Waals surface area (Å²) in [7, 11) is 0. The molecule has 0 saturated carbocycles. The fourth-order valence-corrected chi connectivity index (χ4v) is 1.75. The Hall–Kier alpha value is -1.26. The highest BCUT2D eigenvalue weighted by Gasteiger charge is 2.12. The van der Waals surface area contributed by atoms with E-state index < -0.39 is 6.04 Å². The quantitative estimate of drug-likeness (QED) is 0.919. The number of aromatic nitrogens is 1. The molecule has 0 aliphatic rings. The molecule has 0 saturated heterocycles. The summed E-state index contributed by atoms with van der Waals surface area (Å²) in [6.07, 6.45) is 2.71. The van der Waals surface area contributed by atoms with Crippen molar-refractivity contribution in [3.63, 3.8) is 0 Å². The first kappa shape index (κ1) is 11.2. The largest absolute Gasteiger partial charge is 0.320 e. The molecule has 1 aromatic heterocycles. The van der Waals surface area contributed by atoms with Crippen molar-refractivity contribution in [2.24, 2.45) is 5.73 Å². The van der Waals surface area contributed by atoms with Crippen molar-refractivity contribution in [1.29, 1.82) is 0 Å². The van der Waals surface area contributed by atoms with E-state index in [1.165, 1.54) is 12.4 Å². The summed E-state index contributed by atoms with van der Waals surface area (Å²) in [6.45, 7) is 0. The Morgan fingerprint density at radius 2 is 1.88 bits per heavy atom. The molecule has 2 rings (SSSR count). The van der Waals surface area contributed by atoms with E-state index >= 15 is 0 Å². The highest BCUT2D eigenvalue weighted by atomic mass is 79.9. The summed E-state index contributed by atoms with van der Waals surface area (Å²) >= 11 is 3.34. The molecule has 1 atom stereocenters. The van der Waals surface area contributed by atoms with E-state index in [9.17, 15) is 4.39 Å². The molecule has 16 heavy (non-hydrogen) atoms. The van der Waals surface area contributed by atoms with Crippen LogP contribution in [0.4, 0.5) is 4.39 Å². The average Bonchev–Trinajstić information content (AvgIpc) is 2.30. The Balaban J connectivity index is 2.35. The van der Waals surface area contributed by atoms with Crippen LogP contribution in [0.5, 0.6) is 0 Å². The molecule has 1 aromatic carbocycles. The van der Waals surface area contributed by atoms with Crippen molar-refractivity contribution < 1.29 is 4.39 Å². The van der Waals surface area contributed by atoms with Gasteiger partial charge in [-0.1, -0.05) is 28.1 Å². The van der Waals surface area contributed by atoms with Crippen molar-refractivity contribution in [1.82, 2.24) is 4.98 Å². The van der Waals surface area contributed by atoms with Gasteiger partial charge in [-0.05, 0) is 23.8 Å². The number of hydrogen-bond donors (Lipinski definition) is 1. The van der Waals surface area contributed by atoms with E-state index in [0.717, 1.165) is 10.0 Å². The zero-order chi connectivity index (χ0) is 11.5. The van der Waals surface area contributed by atoms with Gasteiger partial charge in [0.15, 0.2) is 0 Å². The molecule has 0 spiro atoms. The molecular weight excluding hydrogens is 271 g/mol. The van der Waals surface area contributed by atoms with Crippen LogP contribution < -0.4 is 5.73 Å². The Bertz CT molecular complexity index is 485. The first-order chi connectivity index (χ1) is 7.68. The molecular formula is C12H10BrFN2. The molecule has 2 aromatic rings. The predicted molar refractivity (Wildman–Crippen MR) is 64.4 cm³/mol. The molecule has 0 fully saturated rings. The number of nitrogens with zero attached hydrogens (tertiary/aromatic N) is 1. The van der Waals surface area contributed by atoms with E-state index in [1.807, 2.05) is 24.3 Å². The maximum atomic E-state index is 13.5. The van der Waals surface area contributed by atoms with Crippen LogP contribution in [0.25, 0.3) is 0 Å². The van der Waals surface area contributed by atoms with Gasteiger partial charge in [0.2, 0.25) is 0 Å². The monoisotopic (exact) mass is 280 g/mol. The number of rotatable bonds is 2. The molecule has 0 bridgehead atoms. The summed E-state index contributed by atoms with van der Waals surface area (Å²) in [4.78, 5) is 3.70.